The van der Waals surface area contributed by atoms with Gasteiger partial charge in [0.25, 0.3) is 0 Å². The minimum atomic E-state index is -1.44. The van der Waals surface area contributed by atoms with E-state index in [2.05, 4.69) is 21.2 Å². The van der Waals surface area contributed by atoms with Crippen LogP contribution < -0.4 is 5.32 Å². The highest BCUT2D eigenvalue weighted by Crippen LogP contribution is 2.22. The van der Waals surface area contributed by atoms with Gasteiger partial charge in [-0.2, -0.15) is 0 Å². The summed E-state index contributed by atoms with van der Waals surface area (Å²) in [5.74, 6) is -3.33. The fourth-order valence-corrected chi connectivity index (χ4v) is 2.50. The lowest BCUT2D eigenvalue weighted by atomic mass is 10.2. The van der Waals surface area contributed by atoms with Gasteiger partial charge in [0.2, 0.25) is 5.91 Å². The molecule has 3 N–H and O–H groups in total. The van der Waals surface area contributed by atoms with E-state index in [4.69, 9.17) is 10.2 Å². The first kappa shape index (κ1) is 15.4. The highest BCUT2D eigenvalue weighted by atomic mass is 79.9. The lowest BCUT2D eigenvalue weighted by molar-refractivity contribution is -0.146. The Bertz CT molecular complexity index is 525. The molecule has 0 fully saturated rings. The molecule has 0 aliphatic carbocycles. The van der Waals surface area contributed by atoms with Crippen molar-refractivity contribution < 1.29 is 24.6 Å². The maximum Gasteiger partial charge on any atom is 0.326 e. The van der Waals surface area contributed by atoms with E-state index in [1.165, 1.54) is 17.4 Å². The van der Waals surface area contributed by atoms with Crippen LogP contribution in [0.15, 0.2) is 22.0 Å². The third-order valence-electron chi connectivity index (χ3n) is 1.99. The van der Waals surface area contributed by atoms with Gasteiger partial charge in [0.1, 0.15) is 6.04 Å². The molecule has 1 amide bonds. The number of carbonyl (C=O) groups excluding carboxylic acids is 1. The van der Waals surface area contributed by atoms with Crippen molar-refractivity contribution in [2.75, 3.05) is 0 Å². The summed E-state index contributed by atoms with van der Waals surface area (Å²) < 4.78 is 0.904. The number of aliphatic carboxylic acids is 2. The molecule has 8 heteroatoms. The lowest BCUT2D eigenvalue weighted by Crippen LogP contribution is -2.41. The maximum atomic E-state index is 11.5. The summed E-state index contributed by atoms with van der Waals surface area (Å²) in [4.78, 5) is 33.5. The van der Waals surface area contributed by atoms with Crippen molar-refractivity contribution in [3.05, 3.63) is 26.9 Å². The van der Waals surface area contributed by atoms with Gasteiger partial charge in [-0.1, -0.05) is 0 Å². The van der Waals surface area contributed by atoms with E-state index >= 15 is 0 Å². The zero-order chi connectivity index (χ0) is 14.4. The van der Waals surface area contributed by atoms with Crippen LogP contribution in [0.4, 0.5) is 0 Å². The Kier molecular flexibility index (Phi) is 5.71. The maximum absolute atomic E-state index is 11.5. The third kappa shape index (κ3) is 5.66. The molecule has 0 spiro atoms. The van der Waals surface area contributed by atoms with Crippen LogP contribution in [0.5, 0.6) is 0 Å². The lowest BCUT2D eigenvalue weighted by Gasteiger charge is -2.10. The number of rotatable bonds is 6. The van der Waals surface area contributed by atoms with Gasteiger partial charge < -0.3 is 15.5 Å². The number of carboxylic acid groups (broad SMARTS) is 2. The highest BCUT2D eigenvalue weighted by Gasteiger charge is 2.21. The van der Waals surface area contributed by atoms with Gasteiger partial charge in [-0.25, -0.2) is 4.79 Å². The Morgan fingerprint density at radius 2 is 2.05 bits per heavy atom. The van der Waals surface area contributed by atoms with Crippen molar-refractivity contribution >= 4 is 51.2 Å². The molecule has 0 bridgehead atoms. The van der Waals surface area contributed by atoms with Crippen molar-refractivity contribution in [1.29, 1.82) is 0 Å². The Hall–Kier alpha value is -1.67. The number of halogens is 1. The van der Waals surface area contributed by atoms with Gasteiger partial charge in [0.05, 0.1) is 10.2 Å². The van der Waals surface area contributed by atoms with Gasteiger partial charge in [-0.15, -0.1) is 11.3 Å². The Morgan fingerprint density at radius 1 is 1.37 bits per heavy atom. The fraction of sp³-hybridized carbons (Fsp3) is 0.182. The van der Waals surface area contributed by atoms with Crippen LogP contribution in [-0.2, 0) is 14.4 Å². The largest absolute Gasteiger partial charge is 0.481 e. The predicted octanol–water partition coefficient (Wildman–Crippen LogP) is 1.57. The molecule has 0 saturated carbocycles. The van der Waals surface area contributed by atoms with Gasteiger partial charge in [0.15, 0.2) is 0 Å². The second kappa shape index (κ2) is 7.05. The van der Waals surface area contributed by atoms with Crippen LogP contribution in [0.25, 0.3) is 6.08 Å². The number of thiophene rings is 1. The molecule has 0 saturated heterocycles. The Labute approximate surface area is 120 Å². The first-order chi connectivity index (χ1) is 8.88. The summed E-state index contributed by atoms with van der Waals surface area (Å²) in [7, 11) is 0. The van der Waals surface area contributed by atoms with Crippen molar-refractivity contribution in [2.24, 2.45) is 0 Å². The highest BCUT2D eigenvalue weighted by molar-refractivity contribution is 9.11. The quantitative estimate of drug-likeness (QED) is 0.677. The number of hydrogen-bond donors (Lipinski definition) is 3. The zero-order valence-corrected chi connectivity index (χ0v) is 11.9. The molecule has 0 aromatic carbocycles. The van der Waals surface area contributed by atoms with Crippen LogP contribution >= 0.6 is 27.3 Å². The summed E-state index contributed by atoms with van der Waals surface area (Å²) in [5.41, 5.74) is 0. The van der Waals surface area contributed by atoms with Gasteiger partial charge in [-0.3, -0.25) is 9.59 Å². The number of hydrogen-bond acceptors (Lipinski definition) is 4. The van der Waals surface area contributed by atoms with Crippen molar-refractivity contribution in [3.8, 4) is 0 Å². The predicted molar refractivity (Wildman–Crippen MR) is 72.9 cm³/mol. The number of carboxylic acids is 2. The third-order valence-corrected chi connectivity index (χ3v) is 3.58. The molecule has 102 valence electrons. The topological polar surface area (TPSA) is 104 Å². The monoisotopic (exact) mass is 347 g/mol. The molecule has 19 heavy (non-hydrogen) atoms. The average molecular weight is 348 g/mol. The molecule has 1 atom stereocenters. The SMILES string of the molecule is O=C(O)C[C@@H](NC(=O)/C=C/c1ccc(Br)s1)C(=O)O. The summed E-state index contributed by atoms with van der Waals surface area (Å²) >= 11 is 4.67. The van der Waals surface area contributed by atoms with Crippen molar-refractivity contribution in [1.82, 2.24) is 5.32 Å². The summed E-state index contributed by atoms with van der Waals surface area (Å²) in [6, 6.07) is 2.15. The molecular formula is C11H10BrNO5S. The Balaban J connectivity index is 2.60. The number of nitrogens with one attached hydrogen (secondary N) is 1. The molecule has 0 aliphatic rings. The van der Waals surface area contributed by atoms with Crippen LogP contribution in [0.2, 0.25) is 0 Å². The first-order valence-electron chi connectivity index (χ1n) is 5.07. The van der Waals surface area contributed by atoms with Crippen molar-refractivity contribution in [2.45, 2.75) is 12.5 Å². The molecule has 0 unspecified atom stereocenters. The smallest absolute Gasteiger partial charge is 0.326 e. The molecule has 1 aromatic heterocycles. The second-order valence-electron chi connectivity index (χ2n) is 3.47. The summed E-state index contributed by atoms with van der Waals surface area (Å²) in [6.45, 7) is 0. The van der Waals surface area contributed by atoms with Crippen LogP contribution in [0, 0.1) is 0 Å². The zero-order valence-electron chi connectivity index (χ0n) is 9.50. The molecule has 1 rings (SSSR count). The number of carbonyl (C=O) groups is 3. The molecule has 0 radical (unpaired) electrons. The number of amides is 1. The fourth-order valence-electron chi connectivity index (χ4n) is 1.17. The molecule has 0 aliphatic heterocycles. The van der Waals surface area contributed by atoms with E-state index in [-0.39, 0.29) is 0 Å². The second-order valence-corrected chi connectivity index (χ2v) is 5.97. The molecular weight excluding hydrogens is 338 g/mol. The van der Waals surface area contributed by atoms with Gasteiger partial charge in [-0.05, 0) is 34.1 Å². The van der Waals surface area contributed by atoms with Crippen LogP contribution in [0.1, 0.15) is 11.3 Å². The standard InChI is InChI=1S/C11H10BrNO5S/c12-8-3-1-6(19-8)2-4-9(14)13-7(11(17)18)5-10(15)16/h1-4,7H,5H2,(H,13,14)(H,15,16)(H,17,18)/b4-2+/t7-/m1/s1. The molecule has 1 aromatic rings. The van der Waals surface area contributed by atoms with Crippen LogP contribution in [-0.4, -0.2) is 34.1 Å². The minimum Gasteiger partial charge on any atom is -0.481 e. The molecule has 1 heterocycles. The van der Waals surface area contributed by atoms with E-state index in [0.717, 1.165) is 14.7 Å². The van der Waals surface area contributed by atoms with E-state index in [1.807, 2.05) is 6.07 Å². The summed E-state index contributed by atoms with van der Waals surface area (Å²) in [5, 5.41) is 19.4. The Morgan fingerprint density at radius 3 is 2.53 bits per heavy atom. The summed E-state index contributed by atoms with van der Waals surface area (Å²) in [6.07, 6.45) is 2.01. The van der Waals surface area contributed by atoms with Gasteiger partial charge >= 0.3 is 11.9 Å². The van der Waals surface area contributed by atoms with E-state index in [1.54, 1.807) is 6.07 Å². The normalized spacial score (nSPS) is 12.3. The van der Waals surface area contributed by atoms with E-state index < -0.39 is 30.3 Å². The van der Waals surface area contributed by atoms with Gasteiger partial charge in [0, 0.05) is 11.0 Å². The van der Waals surface area contributed by atoms with E-state index in [0.29, 0.717) is 0 Å². The minimum absolute atomic E-state index is 0.654. The van der Waals surface area contributed by atoms with Crippen molar-refractivity contribution in [3.63, 3.8) is 0 Å². The average Bonchev–Trinajstić information content (AvgIpc) is 2.71. The van der Waals surface area contributed by atoms with E-state index in [9.17, 15) is 14.4 Å². The van der Waals surface area contributed by atoms with Crippen LogP contribution in [0.3, 0.4) is 0 Å². The molecule has 6 nitrogen and oxygen atoms in total. The first-order valence-corrected chi connectivity index (χ1v) is 6.68.